The van der Waals surface area contributed by atoms with Crippen LogP contribution in [0, 0.1) is 5.82 Å². The Morgan fingerprint density at radius 1 is 1.06 bits per heavy atom. The zero-order valence-electron chi connectivity index (χ0n) is 9.11. The number of rotatable bonds is 1. The monoisotopic (exact) mass is 230 g/mol. The van der Waals surface area contributed by atoms with Crippen LogP contribution < -0.4 is 4.74 Å². The summed E-state index contributed by atoms with van der Waals surface area (Å²) in [5, 5.41) is 9.25. The molecule has 2 aromatic rings. The van der Waals surface area contributed by atoms with Crippen LogP contribution in [0.15, 0.2) is 36.4 Å². The molecule has 0 bridgehead atoms. The molecule has 0 fully saturated rings. The van der Waals surface area contributed by atoms with Gasteiger partial charge in [0.1, 0.15) is 17.3 Å². The third kappa shape index (κ3) is 1.64. The summed E-state index contributed by atoms with van der Waals surface area (Å²) in [6, 6.07) is 10.00. The fourth-order valence-corrected chi connectivity index (χ4v) is 2.13. The second kappa shape index (κ2) is 3.77. The standard InChI is InChI=1S/C14H11FO2/c15-13-6-5-11(14-12(13)7-8-17-14)9-1-3-10(16)4-2-9/h1-6,16H,7-8H2. The lowest BCUT2D eigenvalue weighted by Gasteiger charge is -2.08. The summed E-state index contributed by atoms with van der Waals surface area (Å²) in [4.78, 5) is 0. The van der Waals surface area contributed by atoms with Gasteiger partial charge in [-0.25, -0.2) is 4.39 Å². The van der Waals surface area contributed by atoms with E-state index >= 15 is 0 Å². The van der Waals surface area contributed by atoms with Crippen LogP contribution in [-0.2, 0) is 6.42 Å². The highest BCUT2D eigenvalue weighted by molar-refractivity contribution is 5.73. The van der Waals surface area contributed by atoms with E-state index in [1.54, 1.807) is 30.3 Å². The molecule has 1 heterocycles. The second-order valence-corrected chi connectivity index (χ2v) is 4.05. The van der Waals surface area contributed by atoms with E-state index in [-0.39, 0.29) is 11.6 Å². The lowest BCUT2D eigenvalue weighted by atomic mass is 10.0. The SMILES string of the molecule is Oc1ccc(-c2ccc(F)c3c2OCC3)cc1. The van der Waals surface area contributed by atoms with Crippen LogP contribution >= 0.6 is 0 Å². The molecule has 1 aliphatic rings. The maximum Gasteiger partial charge on any atom is 0.133 e. The van der Waals surface area contributed by atoms with Gasteiger partial charge in [0, 0.05) is 17.5 Å². The van der Waals surface area contributed by atoms with Crippen molar-refractivity contribution in [1.29, 1.82) is 0 Å². The number of hydrogen-bond donors (Lipinski definition) is 1. The van der Waals surface area contributed by atoms with Crippen molar-refractivity contribution in [3.8, 4) is 22.6 Å². The molecule has 1 N–H and O–H groups in total. The molecule has 0 radical (unpaired) electrons. The molecule has 2 aromatic carbocycles. The molecule has 0 unspecified atom stereocenters. The molecule has 0 amide bonds. The molecule has 0 atom stereocenters. The predicted molar refractivity (Wildman–Crippen MR) is 62.7 cm³/mol. The van der Waals surface area contributed by atoms with Crippen LogP contribution in [0.3, 0.4) is 0 Å². The Hall–Kier alpha value is -2.03. The van der Waals surface area contributed by atoms with Crippen molar-refractivity contribution in [1.82, 2.24) is 0 Å². The fraction of sp³-hybridized carbons (Fsp3) is 0.143. The first kappa shape index (κ1) is 10.1. The summed E-state index contributed by atoms with van der Waals surface area (Å²) in [6.45, 7) is 0.529. The average molecular weight is 230 g/mol. The quantitative estimate of drug-likeness (QED) is 0.815. The molecule has 3 rings (SSSR count). The minimum Gasteiger partial charge on any atom is -0.508 e. The molecule has 2 nitrogen and oxygen atoms in total. The van der Waals surface area contributed by atoms with Crippen LogP contribution in [0.25, 0.3) is 11.1 Å². The van der Waals surface area contributed by atoms with E-state index in [0.717, 1.165) is 11.1 Å². The highest BCUT2D eigenvalue weighted by atomic mass is 19.1. The Bertz CT molecular complexity index is 561. The fourth-order valence-electron chi connectivity index (χ4n) is 2.13. The van der Waals surface area contributed by atoms with Crippen molar-refractivity contribution >= 4 is 0 Å². The van der Waals surface area contributed by atoms with Crippen LogP contribution in [0.2, 0.25) is 0 Å². The van der Waals surface area contributed by atoms with Gasteiger partial charge in [-0.05, 0) is 29.8 Å². The molecule has 17 heavy (non-hydrogen) atoms. The van der Waals surface area contributed by atoms with E-state index in [2.05, 4.69) is 0 Å². The summed E-state index contributed by atoms with van der Waals surface area (Å²) in [6.07, 6.45) is 0.618. The molecule has 0 aromatic heterocycles. The number of ether oxygens (including phenoxy) is 1. The first-order valence-corrected chi connectivity index (χ1v) is 5.49. The lowest BCUT2D eigenvalue weighted by Crippen LogP contribution is -1.89. The predicted octanol–water partition coefficient (Wildman–Crippen LogP) is 3.13. The van der Waals surface area contributed by atoms with Gasteiger partial charge in [0.15, 0.2) is 0 Å². The van der Waals surface area contributed by atoms with Gasteiger partial charge >= 0.3 is 0 Å². The van der Waals surface area contributed by atoms with Crippen molar-refractivity contribution in [3.63, 3.8) is 0 Å². The first-order valence-electron chi connectivity index (χ1n) is 5.49. The number of benzene rings is 2. The van der Waals surface area contributed by atoms with Crippen molar-refractivity contribution in [2.24, 2.45) is 0 Å². The van der Waals surface area contributed by atoms with Crippen LogP contribution in [0.1, 0.15) is 5.56 Å². The summed E-state index contributed by atoms with van der Waals surface area (Å²) in [7, 11) is 0. The van der Waals surface area contributed by atoms with Crippen LogP contribution in [0.4, 0.5) is 4.39 Å². The van der Waals surface area contributed by atoms with Gasteiger partial charge in [0.2, 0.25) is 0 Å². The Balaban J connectivity index is 2.16. The maximum absolute atomic E-state index is 13.5. The van der Waals surface area contributed by atoms with Crippen LogP contribution in [0.5, 0.6) is 11.5 Å². The Morgan fingerprint density at radius 3 is 2.59 bits per heavy atom. The summed E-state index contributed by atoms with van der Waals surface area (Å²) >= 11 is 0. The molecule has 0 aliphatic carbocycles. The van der Waals surface area contributed by atoms with E-state index < -0.39 is 0 Å². The maximum atomic E-state index is 13.5. The molecule has 0 saturated heterocycles. The summed E-state index contributed by atoms with van der Waals surface area (Å²) in [5.74, 6) is 0.643. The number of fused-ring (bicyclic) bond motifs is 1. The van der Waals surface area contributed by atoms with E-state index in [1.165, 1.54) is 6.07 Å². The summed E-state index contributed by atoms with van der Waals surface area (Å²) in [5.41, 5.74) is 2.44. The van der Waals surface area contributed by atoms with E-state index in [1.807, 2.05) is 0 Å². The van der Waals surface area contributed by atoms with Crippen molar-refractivity contribution < 1.29 is 14.2 Å². The van der Waals surface area contributed by atoms with Gasteiger partial charge in [-0.1, -0.05) is 12.1 Å². The van der Waals surface area contributed by atoms with Gasteiger partial charge < -0.3 is 9.84 Å². The zero-order chi connectivity index (χ0) is 11.8. The lowest BCUT2D eigenvalue weighted by molar-refractivity contribution is 0.358. The number of hydrogen-bond acceptors (Lipinski definition) is 2. The van der Waals surface area contributed by atoms with E-state index in [4.69, 9.17) is 4.74 Å². The Kier molecular flexibility index (Phi) is 2.25. The van der Waals surface area contributed by atoms with Crippen molar-refractivity contribution in [2.45, 2.75) is 6.42 Å². The number of phenols is 1. The molecule has 0 spiro atoms. The Morgan fingerprint density at radius 2 is 1.82 bits per heavy atom. The van der Waals surface area contributed by atoms with Gasteiger partial charge in [-0.15, -0.1) is 0 Å². The van der Waals surface area contributed by atoms with Gasteiger partial charge in [-0.2, -0.15) is 0 Å². The summed E-state index contributed by atoms with van der Waals surface area (Å²) < 4.78 is 19.0. The normalized spacial score (nSPS) is 13.2. The molecular weight excluding hydrogens is 219 g/mol. The van der Waals surface area contributed by atoms with E-state index in [0.29, 0.717) is 24.3 Å². The zero-order valence-corrected chi connectivity index (χ0v) is 9.11. The molecule has 3 heteroatoms. The van der Waals surface area contributed by atoms with E-state index in [9.17, 15) is 9.50 Å². The number of aromatic hydroxyl groups is 1. The minimum atomic E-state index is -0.208. The highest BCUT2D eigenvalue weighted by Gasteiger charge is 2.20. The first-order chi connectivity index (χ1) is 8.25. The average Bonchev–Trinajstić information content (AvgIpc) is 2.81. The van der Waals surface area contributed by atoms with Crippen LogP contribution in [-0.4, -0.2) is 11.7 Å². The molecule has 86 valence electrons. The topological polar surface area (TPSA) is 29.5 Å². The minimum absolute atomic E-state index is 0.208. The second-order valence-electron chi connectivity index (χ2n) is 4.05. The van der Waals surface area contributed by atoms with Gasteiger partial charge in [0.05, 0.1) is 6.61 Å². The largest absolute Gasteiger partial charge is 0.508 e. The van der Waals surface area contributed by atoms with Gasteiger partial charge in [-0.3, -0.25) is 0 Å². The third-order valence-electron chi connectivity index (χ3n) is 2.98. The smallest absolute Gasteiger partial charge is 0.133 e. The van der Waals surface area contributed by atoms with Crippen molar-refractivity contribution in [2.75, 3.05) is 6.61 Å². The number of halogens is 1. The molecular formula is C14H11FO2. The molecule has 1 aliphatic heterocycles. The molecule has 0 saturated carbocycles. The Labute approximate surface area is 98.3 Å². The third-order valence-corrected chi connectivity index (χ3v) is 2.98. The highest BCUT2D eigenvalue weighted by Crippen LogP contribution is 2.38. The van der Waals surface area contributed by atoms with Crippen molar-refractivity contribution in [3.05, 3.63) is 47.8 Å². The number of phenolic OH excluding ortho intramolecular Hbond substituents is 1. The van der Waals surface area contributed by atoms with Gasteiger partial charge in [0.25, 0.3) is 0 Å².